The zero-order chi connectivity index (χ0) is 14.6. The number of benzene rings is 1. The van der Waals surface area contributed by atoms with Crippen LogP contribution in [-0.2, 0) is 9.47 Å². The lowest BCUT2D eigenvalue weighted by Crippen LogP contribution is -2.28. The van der Waals surface area contributed by atoms with E-state index in [1.165, 1.54) is 11.3 Å². The van der Waals surface area contributed by atoms with E-state index in [-0.39, 0.29) is 0 Å². The third-order valence-corrected chi connectivity index (χ3v) is 3.15. The lowest BCUT2D eigenvalue weighted by atomic mass is 10.2. The minimum absolute atomic E-state index is 0.661. The van der Waals surface area contributed by atoms with Crippen LogP contribution in [0, 0.1) is 6.92 Å². The molecule has 20 heavy (non-hydrogen) atoms. The summed E-state index contributed by atoms with van der Waals surface area (Å²) in [6.45, 7) is 6.95. The largest absolute Gasteiger partial charge is 0.382 e. The Morgan fingerprint density at radius 3 is 2.60 bits per heavy atom. The van der Waals surface area contributed by atoms with E-state index < -0.39 is 0 Å². The summed E-state index contributed by atoms with van der Waals surface area (Å²) in [6, 6.07) is 8.62. The first kappa shape index (κ1) is 17.0. The maximum Gasteiger partial charge on any atom is 0.0700 e. The number of hydrogen-bond donors (Lipinski definition) is 1. The molecule has 0 saturated carbocycles. The van der Waals surface area contributed by atoms with Crippen molar-refractivity contribution in [3.05, 3.63) is 29.8 Å². The van der Waals surface area contributed by atoms with Crippen LogP contribution in [0.25, 0.3) is 0 Å². The number of aryl methyl sites for hydroxylation is 1. The zero-order valence-electron chi connectivity index (χ0n) is 12.8. The van der Waals surface area contributed by atoms with E-state index in [0.29, 0.717) is 13.2 Å². The Bertz CT molecular complexity index is 358. The predicted octanol–water partition coefficient (Wildman–Crippen LogP) is 2.20. The second kappa shape index (κ2) is 10.7. The highest BCUT2D eigenvalue weighted by Crippen LogP contribution is 2.16. The molecule has 0 radical (unpaired) electrons. The standard InChI is InChI=1S/C16H28N2O2/c1-15-6-3-7-16(14-15)18(9-4-8-17)10-5-11-20-13-12-19-2/h3,6-7,14H,4-5,8-13,17H2,1-2H3. The molecule has 1 rings (SSSR count). The van der Waals surface area contributed by atoms with Gasteiger partial charge in [0.05, 0.1) is 13.2 Å². The number of nitrogens with zero attached hydrogens (tertiary/aromatic N) is 1. The van der Waals surface area contributed by atoms with E-state index >= 15 is 0 Å². The highest BCUT2D eigenvalue weighted by atomic mass is 16.5. The molecule has 1 aromatic rings. The van der Waals surface area contributed by atoms with Crippen molar-refractivity contribution in [3.8, 4) is 0 Å². The fourth-order valence-electron chi connectivity index (χ4n) is 2.08. The van der Waals surface area contributed by atoms with Gasteiger partial charge in [-0.15, -0.1) is 0 Å². The summed E-state index contributed by atoms with van der Waals surface area (Å²) < 4.78 is 10.5. The number of ether oxygens (including phenoxy) is 2. The van der Waals surface area contributed by atoms with Crippen LogP contribution in [0.3, 0.4) is 0 Å². The Hall–Kier alpha value is -1.10. The maximum atomic E-state index is 5.63. The van der Waals surface area contributed by atoms with Gasteiger partial charge in [0.25, 0.3) is 0 Å². The normalized spacial score (nSPS) is 10.8. The number of methoxy groups -OCH3 is 1. The third kappa shape index (κ3) is 6.89. The zero-order valence-corrected chi connectivity index (χ0v) is 12.8. The summed E-state index contributed by atoms with van der Waals surface area (Å²) in [5.74, 6) is 0. The molecule has 0 bridgehead atoms. The quantitative estimate of drug-likeness (QED) is 0.631. The minimum atomic E-state index is 0.661. The molecule has 0 unspecified atom stereocenters. The highest BCUT2D eigenvalue weighted by Gasteiger charge is 2.06. The number of rotatable bonds is 11. The molecule has 0 saturated heterocycles. The fourth-order valence-corrected chi connectivity index (χ4v) is 2.08. The molecule has 2 N–H and O–H groups in total. The molecule has 0 aliphatic heterocycles. The van der Waals surface area contributed by atoms with Gasteiger partial charge < -0.3 is 20.1 Å². The third-order valence-electron chi connectivity index (χ3n) is 3.15. The van der Waals surface area contributed by atoms with Crippen LogP contribution in [0.5, 0.6) is 0 Å². The van der Waals surface area contributed by atoms with E-state index in [0.717, 1.165) is 39.1 Å². The Labute approximate surface area is 122 Å². The molecular formula is C16H28N2O2. The Morgan fingerprint density at radius 2 is 1.90 bits per heavy atom. The van der Waals surface area contributed by atoms with Crippen LogP contribution in [0.2, 0.25) is 0 Å². The maximum absolute atomic E-state index is 5.63. The average molecular weight is 280 g/mol. The average Bonchev–Trinajstić information content (AvgIpc) is 2.45. The van der Waals surface area contributed by atoms with Gasteiger partial charge in [-0.2, -0.15) is 0 Å². The molecule has 0 spiro atoms. The van der Waals surface area contributed by atoms with Crippen molar-refractivity contribution in [3.63, 3.8) is 0 Å². The minimum Gasteiger partial charge on any atom is -0.382 e. The van der Waals surface area contributed by atoms with Crippen molar-refractivity contribution in [2.75, 3.05) is 51.5 Å². The van der Waals surface area contributed by atoms with E-state index in [4.69, 9.17) is 15.2 Å². The molecule has 114 valence electrons. The van der Waals surface area contributed by atoms with Crippen molar-refractivity contribution < 1.29 is 9.47 Å². The molecule has 4 nitrogen and oxygen atoms in total. The lowest BCUT2D eigenvalue weighted by molar-refractivity contribution is 0.0700. The van der Waals surface area contributed by atoms with E-state index in [1.807, 2.05) is 0 Å². The Balaban J connectivity index is 2.40. The summed E-state index contributed by atoms with van der Waals surface area (Å²) >= 11 is 0. The van der Waals surface area contributed by atoms with Crippen molar-refractivity contribution in [2.24, 2.45) is 5.73 Å². The van der Waals surface area contributed by atoms with Crippen molar-refractivity contribution in [2.45, 2.75) is 19.8 Å². The first-order valence-electron chi connectivity index (χ1n) is 7.36. The van der Waals surface area contributed by atoms with Crippen LogP contribution in [0.4, 0.5) is 5.69 Å². The van der Waals surface area contributed by atoms with Gasteiger partial charge in [0.15, 0.2) is 0 Å². The molecule has 0 fully saturated rings. The van der Waals surface area contributed by atoms with Crippen LogP contribution < -0.4 is 10.6 Å². The van der Waals surface area contributed by atoms with Gasteiger partial charge >= 0.3 is 0 Å². The second-order valence-corrected chi connectivity index (χ2v) is 4.93. The summed E-state index contributed by atoms with van der Waals surface area (Å²) in [5, 5.41) is 0. The predicted molar refractivity (Wildman–Crippen MR) is 84.4 cm³/mol. The van der Waals surface area contributed by atoms with Gasteiger partial charge in [0.2, 0.25) is 0 Å². The topological polar surface area (TPSA) is 47.7 Å². The van der Waals surface area contributed by atoms with Crippen LogP contribution in [-0.4, -0.2) is 46.6 Å². The first-order valence-corrected chi connectivity index (χ1v) is 7.36. The molecule has 0 aromatic heterocycles. The number of nitrogens with two attached hydrogens (primary N) is 1. The summed E-state index contributed by atoms with van der Waals surface area (Å²) in [6.07, 6.45) is 2.03. The van der Waals surface area contributed by atoms with E-state index in [9.17, 15) is 0 Å². The Morgan fingerprint density at radius 1 is 1.10 bits per heavy atom. The SMILES string of the molecule is COCCOCCCN(CCCN)c1cccc(C)c1. The van der Waals surface area contributed by atoms with Gasteiger partial charge in [0, 0.05) is 32.5 Å². The van der Waals surface area contributed by atoms with Gasteiger partial charge in [-0.05, 0) is 44.0 Å². The van der Waals surface area contributed by atoms with Crippen molar-refractivity contribution >= 4 is 5.69 Å². The summed E-state index contributed by atoms with van der Waals surface area (Å²) in [5.41, 5.74) is 8.19. The molecule has 0 amide bonds. The molecule has 0 heterocycles. The van der Waals surface area contributed by atoms with Gasteiger partial charge in [-0.25, -0.2) is 0 Å². The summed E-state index contributed by atoms with van der Waals surface area (Å²) in [7, 11) is 1.69. The molecule has 0 aliphatic carbocycles. The van der Waals surface area contributed by atoms with Gasteiger partial charge in [0.1, 0.15) is 0 Å². The van der Waals surface area contributed by atoms with Crippen molar-refractivity contribution in [1.82, 2.24) is 0 Å². The molecule has 1 aromatic carbocycles. The van der Waals surface area contributed by atoms with Crippen LogP contribution >= 0.6 is 0 Å². The van der Waals surface area contributed by atoms with Crippen molar-refractivity contribution in [1.29, 1.82) is 0 Å². The molecule has 4 heteroatoms. The monoisotopic (exact) mass is 280 g/mol. The Kier molecular flexibility index (Phi) is 9.04. The van der Waals surface area contributed by atoms with Crippen LogP contribution in [0.1, 0.15) is 18.4 Å². The van der Waals surface area contributed by atoms with E-state index in [1.54, 1.807) is 7.11 Å². The fraction of sp³-hybridized carbons (Fsp3) is 0.625. The molecule has 0 aliphatic rings. The number of anilines is 1. The van der Waals surface area contributed by atoms with Crippen LogP contribution in [0.15, 0.2) is 24.3 Å². The van der Waals surface area contributed by atoms with Gasteiger partial charge in [-0.3, -0.25) is 0 Å². The first-order chi connectivity index (χ1) is 9.77. The lowest BCUT2D eigenvalue weighted by Gasteiger charge is -2.25. The second-order valence-electron chi connectivity index (χ2n) is 4.93. The highest BCUT2D eigenvalue weighted by molar-refractivity contribution is 5.48. The van der Waals surface area contributed by atoms with E-state index in [2.05, 4.69) is 36.1 Å². The number of hydrogen-bond acceptors (Lipinski definition) is 4. The molecule has 0 atom stereocenters. The molecular weight excluding hydrogens is 252 g/mol. The summed E-state index contributed by atoms with van der Waals surface area (Å²) in [4.78, 5) is 2.39. The van der Waals surface area contributed by atoms with Gasteiger partial charge in [-0.1, -0.05) is 12.1 Å². The smallest absolute Gasteiger partial charge is 0.0700 e.